The summed E-state index contributed by atoms with van der Waals surface area (Å²) in [6.45, 7) is 1.96. The molecule has 9 heteroatoms. The number of halogens is 1. The molecule has 0 saturated carbocycles. The number of carbonyl (C=O) groups is 2. The molecule has 1 amide bonds. The zero-order chi connectivity index (χ0) is 18.1. The Kier molecular flexibility index (Phi) is 4.45. The lowest BCUT2D eigenvalue weighted by atomic mass is 9.88. The first kappa shape index (κ1) is 17.0. The van der Waals surface area contributed by atoms with Gasteiger partial charge >= 0.3 is 0 Å². The van der Waals surface area contributed by atoms with Gasteiger partial charge in [0.1, 0.15) is 5.02 Å². The molecule has 25 heavy (non-hydrogen) atoms. The van der Waals surface area contributed by atoms with Crippen LogP contribution in [0.15, 0.2) is 24.4 Å². The molecular formula is C16H13ClN4O4. The maximum atomic E-state index is 12.3. The van der Waals surface area contributed by atoms with Crippen LogP contribution >= 0.6 is 11.6 Å². The summed E-state index contributed by atoms with van der Waals surface area (Å²) < 4.78 is 0. The van der Waals surface area contributed by atoms with Gasteiger partial charge in [0.05, 0.1) is 16.2 Å². The van der Waals surface area contributed by atoms with Crippen LogP contribution in [0.5, 0.6) is 0 Å². The number of amides is 1. The molecule has 128 valence electrons. The van der Waals surface area contributed by atoms with E-state index in [4.69, 9.17) is 11.6 Å². The number of nitrogens with zero attached hydrogens (tertiary/aromatic N) is 3. The number of nitro benzene ring substituents is 1. The minimum atomic E-state index is -0.630. The van der Waals surface area contributed by atoms with Crippen molar-refractivity contribution in [1.29, 1.82) is 0 Å². The topological polar surface area (TPSA) is 115 Å². The van der Waals surface area contributed by atoms with Crippen LogP contribution in [0.3, 0.4) is 0 Å². The summed E-state index contributed by atoms with van der Waals surface area (Å²) in [7, 11) is 0. The van der Waals surface area contributed by atoms with Crippen molar-refractivity contribution in [2.45, 2.75) is 19.8 Å². The predicted molar refractivity (Wildman–Crippen MR) is 89.9 cm³/mol. The maximum absolute atomic E-state index is 12.3. The van der Waals surface area contributed by atoms with Crippen molar-refractivity contribution in [2.24, 2.45) is 5.92 Å². The van der Waals surface area contributed by atoms with E-state index in [0.717, 1.165) is 6.07 Å². The number of nitro groups is 1. The molecule has 1 unspecified atom stereocenters. The van der Waals surface area contributed by atoms with E-state index >= 15 is 0 Å². The van der Waals surface area contributed by atoms with E-state index in [1.165, 1.54) is 18.3 Å². The highest BCUT2D eigenvalue weighted by atomic mass is 35.5. The third-order valence-corrected chi connectivity index (χ3v) is 4.18. The summed E-state index contributed by atoms with van der Waals surface area (Å²) in [5, 5.41) is 13.1. The van der Waals surface area contributed by atoms with Crippen molar-refractivity contribution in [3.05, 3.63) is 56.4 Å². The fourth-order valence-corrected chi connectivity index (χ4v) is 2.91. The molecule has 0 saturated heterocycles. The number of hydrogen-bond donors (Lipinski definition) is 1. The van der Waals surface area contributed by atoms with Gasteiger partial charge in [0.2, 0.25) is 5.95 Å². The van der Waals surface area contributed by atoms with Crippen LogP contribution in [-0.4, -0.2) is 26.6 Å². The number of Topliss-reactive ketones (excluding diaryl/α,β-unsaturated/α-hetero) is 1. The Morgan fingerprint density at radius 3 is 2.84 bits per heavy atom. The van der Waals surface area contributed by atoms with Crippen LogP contribution < -0.4 is 5.32 Å². The molecule has 0 spiro atoms. The monoisotopic (exact) mass is 360 g/mol. The SMILES string of the molecule is CC1CC(=O)c2cnc(NC(=O)c3ccc([N+](=O)[O-])c(Cl)c3)nc2C1. The van der Waals surface area contributed by atoms with Crippen molar-refractivity contribution < 1.29 is 14.5 Å². The van der Waals surface area contributed by atoms with Gasteiger partial charge in [-0.15, -0.1) is 0 Å². The first-order chi connectivity index (χ1) is 11.8. The quantitative estimate of drug-likeness (QED) is 0.664. The van der Waals surface area contributed by atoms with Crippen molar-refractivity contribution >= 4 is 34.9 Å². The summed E-state index contributed by atoms with van der Waals surface area (Å²) in [6, 6.07) is 3.66. The Labute approximate surface area is 147 Å². The predicted octanol–water partition coefficient (Wildman–Crippen LogP) is 3.06. The first-order valence-electron chi connectivity index (χ1n) is 7.49. The van der Waals surface area contributed by atoms with Gasteiger partial charge in [-0.05, 0) is 24.5 Å². The molecule has 1 aromatic heterocycles. The zero-order valence-electron chi connectivity index (χ0n) is 13.2. The molecule has 1 N–H and O–H groups in total. The average molecular weight is 361 g/mol. The van der Waals surface area contributed by atoms with Crippen molar-refractivity contribution in [1.82, 2.24) is 9.97 Å². The third kappa shape index (κ3) is 3.48. The average Bonchev–Trinajstić information content (AvgIpc) is 2.53. The van der Waals surface area contributed by atoms with E-state index in [9.17, 15) is 19.7 Å². The molecule has 0 bridgehead atoms. The fourth-order valence-electron chi connectivity index (χ4n) is 2.66. The van der Waals surface area contributed by atoms with Crippen LogP contribution in [0.2, 0.25) is 5.02 Å². The number of rotatable bonds is 3. The van der Waals surface area contributed by atoms with Crippen LogP contribution in [0.4, 0.5) is 11.6 Å². The highest BCUT2D eigenvalue weighted by molar-refractivity contribution is 6.33. The molecule has 1 aliphatic carbocycles. The standard InChI is InChI=1S/C16H13ClN4O4/c1-8-4-12-10(14(22)5-8)7-18-16(19-12)20-15(23)9-2-3-13(21(24)25)11(17)6-9/h2-3,6-8H,4-5H2,1H3,(H,18,19,20,23). The van der Waals surface area contributed by atoms with E-state index in [1.807, 2.05) is 6.92 Å². The van der Waals surface area contributed by atoms with Crippen molar-refractivity contribution in [3.63, 3.8) is 0 Å². The highest BCUT2D eigenvalue weighted by Gasteiger charge is 2.24. The Balaban J connectivity index is 1.82. The molecule has 8 nitrogen and oxygen atoms in total. The van der Waals surface area contributed by atoms with Gasteiger partial charge in [-0.2, -0.15) is 0 Å². The lowest BCUT2D eigenvalue weighted by Gasteiger charge is -2.19. The molecule has 0 aliphatic heterocycles. The number of nitrogens with one attached hydrogen (secondary N) is 1. The highest BCUT2D eigenvalue weighted by Crippen LogP contribution is 2.26. The van der Waals surface area contributed by atoms with Gasteiger partial charge in [0.15, 0.2) is 5.78 Å². The largest absolute Gasteiger partial charge is 0.294 e. The normalized spacial score (nSPS) is 16.2. The van der Waals surface area contributed by atoms with Gasteiger partial charge in [0, 0.05) is 24.2 Å². The molecule has 1 aromatic carbocycles. The number of fused-ring (bicyclic) bond motifs is 1. The number of ketones is 1. The summed E-state index contributed by atoms with van der Waals surface area (Å²) in [6.07, 6.45) is 2.51. The third-order valence-electron chi connectivity index (χ3n) is 3.88. The number of anilines is 1. The van der Waals surface area contributed by atoms with Gasteiger partial charge < -0.3 is 0 Å². The summed E-state index contributed by atoms with van der Waals surface area (Å²) in [5.41, 5.74) is 0.947. The van der Waals surface area contributed by atoms with E-state index < -0.39 is 10.8 Å². The molecule has 0 radical (unpaired) electrons. The van der Waals surface area contributed by atoms with Gasteiger partial charge in [-0.3, -0.25) is 25.0 Å². The Morgan fingerprint density at radius 2 is 2.16 bits per heavy atom. The van der Waals surface area contributed by atoms with E-state index in [0.29, 0.717) is 24.1 Å². The van der Waals surface area contributed by atoms with Gasteiger partial charge in [-0.25, -0.2) is 9.97 Å². The minimum absolute atomic E-state index is 0.00576. The lowest BCUT2D eigenvalue weighted by Crippen LogP contribution is -2.22. The van der Waals surface area contributed by atoms with Crippen LogP contribution in [0, 0.1) is 16.0 Å². The molecule has 2 aromatic rings. The number of carbonyl (C=O) groups excluding carboxylic acids is 2. The molecular weight excluding hydrogens is 348 g/mol. The van der Waals surface area contributed by atoms with Crippen LogP contribution in [0.1, 0.15) is 39.8 Å². The van der Waals surface area contributed by atoms with E-state index in [1.54, 1.807) is 0 Å². The number of hydrogen-bond acceptors (Lipinski definition) is 6. The van der Waals surface area contributed by atoms with E-state index in [-0.39, 0.29) is 33.9 Å². The maximum Gasteiger partial charge on any atom is 0.287 e. The van der Waals surface area contributed by atoms with Gasteiger partial charge in [-0.1, -0.05) is 18.5 Å². The summed E-state index contributed by atoms with van der Waals surface area (Å²) in [4.78, 5) is 42.6. The Hall–Kier alpha value is -2.87. The lowest BCUT2D eigenvalue weighted by molar-refractivity contribution is -0.384. The minimum Gasteiger partial charge on any atom is -0.294 e. The molecule has 3 rings (SSSR count). The first-order valence-corrected chi connectivity index (χ1v) is 7.87. The van der Waals surface area contributed by atoms with Crippen LogP contribution in [0.25, 0.3) is 0 Å². The smallest absolute Gasteiger partial charge is 0.287 e. The second-order valence-electron chi connectivity index (χ2n) is 5.87. The zero-order valence-corrected chi connectivity index (χ0v) is 13.9. The Morgan fingerprint density at radius 1 is 1.40 bits per heavy atom. The molecule has 0 fully saturated rings. The van der Waals surface area contributed by atoms with Crippen molar-refractivity contribution in [2.75, 3.05) is 5.32 Å². The number of aromatic nitrogens is 2. The van der Waals surface area contributed by atoms with Crippen molar-refractivity contribution in [3.8, 4) is 0 Å². The Bertz CT molecular complexity index is 900. The molecule has 1 heterocycles. The molecule has 1 atom stereocenters. The summed E-state index contributed by atoms with van der Waals surface area (Å²) in [5.74, 6) is -0.298. The second kappa shape index (κ2) is 6.56. The van der Waals surface area contributed by atoms with Crippen LogP contribution in [-0.2, 0) is 6.42 Å². The second-order valence-corrected chi connectivity index (χ2v) is 6.28. The fraction of sp³-hybridized carbons (Fsp3) is 0.250. The molecule has 1 aliphatic rings. The van der Waals surface area contributed by atoms with Gasteiger partial charge in [0.25, 0.3) is 11.6 Å². The summed E-state index contributed by atoms with van der Waals surface area (Å²) >= 11 is 5.81. The number of benzene rings is 1. The van der Waals surface area contributed by atoms with E-state index in [2.05, 4.69) is 15.3 Å².